The third-order valence-electron chi connectivity index (χ3n) is 6.01. The van der Waals surface area contributed by atoms with Crippen molar-refractivity contribution in [2.75, 3.05) is 6.54 Å². The number of carbonyl (C=O) groups is 1. The number of carbonyl (C=O) groups excluding carboxylic acids is 1. The summed E-state index contributed by atoms with van der Waals surface area (Å²) in [6.07, 6.45) is -2.66. The highest BCUT2D eigenvalue weighted by Gasteiger charge is 2.72. The number of H-pyrrole nitrogens is 1. The molecular weight excluding hydrogens is 371 g/mol. The van der Waals surface area contributed by atoms with Gasteiger partial charge in [0.1, 0.15) is 5.41 Å². The van der Waals surface area contributed by atoms with Gasteiger partial charge < -0.3 is 15.0 Å². The molecule has 4 rings (SSSR count). The predicted molar refractivity (Wildman–Crippen MR) is 95.3 cm³/mol. The van der Waals surface area contributed by atoms with E-state index in [-0.39, 0.29) is 31.0 Å². The molecule has 0 bridgehead atoms. The quantitative estimate of drug-likeness (QED) is 0.812. The Hall–Kier alpha value is -2.35. The predicted octanol–water partition coefficient (Wildman–Crippen LogP) is 3.79. The summed E-state index contributed by atoms with van der Waals surface area (Å²) < 4.78 is 41.5. The van der Waals surface area contributed by atoms with Crippen LogP contribution < -0.4 is 0 Å². The maximum atomic E-state index is 13.8. The number of rotatable bonds is 5. The Morgan fingerprint density at radius 1 is 1.32 bits per heavy atom. The fraction of sp³-hybridized carbons (Fsp3) is 0.500. The SMILES string of the molecule is CC(C)(CC1CC1(c1cnc[nH]1)C(F)(F)F)CN1C(=O)c2ccccc2C1O. The molecule has 0 radical (unpaired) electrons. The number of aromatic nitrogens is 2. The number of amides is 1. The lowest BCUT2D eigenvalue weighted by Crippen LogP contribution is -2.38. The summed E-state index contributed by atoms with van der Waals surface area (Å²) >= 11 is 0. The second-order valence-corrected chi connectivity index (χ2v) is 8.60. The fourth-order valence-electron chi connectivity index (χ4n) is 4.61. The van der Waals surface area contributed by atoms with Crippen LogP contribution in [0.5, 0.6) is 0 Å². The van der Waals surface area contributed by atoms with E-state index in [1.165, 1.54) is 17.4 Å². The van der Waals surface area contributed by atoms with E-state index in [0.717, 1.165) is 0 Å². The van der Waals surface area contributed by atoms with E-state index >= 15 is 0 Å². The van der Waals surface area contributed by atoms with Crippen LogP contribution in [-0.2, 0) is 5.41 Å². The van der Waals surface area contributed by atoms with Crippen molar-refractivity contribution in [1.82, 2.24) is 14.9 Å². The summed E-state index contributed by atoms with van der Waals surface area (Å²) in [4.78, 5) is 20.4. The lowest BCUT2D eigenvalue weighted by atomic mass is 9.83. The standard InChI is InChI=1S/C20H22F3N3O2/c1-18(2,10-26-16(27)13-5-3-4-6-14(13)17(26)28)7-12-8-19(12,20(21,22)23)15-9-24-11-25-15/h3-6,9,11-12,16,27H,7-8,10H2,1-2H3,(H,24,25). The van der Waals surface area contributed by atoms with Crippen molar-refractivity contribution in [2.45, 2.75) is 44.5 Å². The topological polar surface area (TPSA) is 69.2 Å². The van der Waals surface area contributed by atoms with Gasteiger partial charge in [-0.3, -0.25) is 4.79 Å². The molecule has 1 saturated carbocycles. The molecule has 2 aliphatic rings. The van der Waals surface area contributed by atoms with Crippen LogP contribution in [0.15, 0.2) is 36.8 Å². The van der Waals surface area contributed by atoms with Crippen LogP contribution in [0.3, 0.4) is 0 Å². The Morgan fingerprint density at radius 3 is 2.64 bits per heavy atom. The molecule has 1 aromatic heterocycles. The molecule has 28 heavy (non-hydrogen) atoms. The smallest absolute Gasteiger partial charge is 0.369 e. The molecule has 5 nitrogen and oxygen atoms in total. The van der Waals surface area contributed by atoms with Crippen LogP contribution in [0, 0.1) is 11.3 Å². The van der Waals surface area contributed by atoms with E-state index in [1.807, 2.05) is 13.8 Å². The Labute approximate surface area is 160 Å². The molecule has 3 unspecified atom stereocenters. The molecule has 2 aromatic rings. The minimum Gasteiger partial charge on any atom is -0.369 e. The zero-order valence-electron chi connectivity index (χ0n) is 15.6. The van der Waals surface area contributed by atoms with Crippen molar-refractivity contribution < 1.29 is 23.1 Å². The lowest BCUT2D eigenvalue weighted by molar-refractivity contribution is -0.166. The zero-order valence-corrected chi connectivity index (χ0v) is 15.6. The maximum Gasteiger partial charge on any atom is 0.400 e. The summed E-state index contributed by atoms with van der Waals surface area (Å²) in [5.74, 6) is -0.886. The van der Waals surface area contributed by atoms with Crippen LogP contribution in [0.25, 0.3) is 0 Å². The number of aliphatic hydroxyl groups excluding tert-OH is 1. The number of hydrogen-bond acceptors (Lipinski definition) is 3. The average Bonchev–Trinajstić information content (AvgIpc) is 3.00. The highest BCUT2D eigenvalue weighted by atomic mass is 19.4. The zero-order chi connectivity index (χ0) is 20.3. The number of benzene rings is 1. The molecule has 0 saturated heterocycles. The van der Waals surface area contributed by atoms with Crippen LogP contribution in [0.1, 0.15) is 54.5 Å². The Bertz CT molecular complexity index is 894. The summed E-state index contributed by atoms with van der Waals surface area (Å²) in [5, 5.41) is 10.5. The Morgan fingerprint density at radius 2 is 2.04 bits per heavy atom. The van der Waals surface area contributed by atoms with Crippen molar-refractivity contribution in [1.29, 1.82) is 0 Å². The third kappa shape index (κ3) is 2.82. The summed E-state index contributed by atoms with van der Waals surface area (Å²) in [5.41, 5.74) is -1.44. The molecule has 1 aliphatic heterocycles. The molecule has 150 valence electrons. The normalized spacial score (nSPS) is 27.2. The minimum atomic E-state index is -4.38. The van der Waals surface area contributed by atoms with Crippen molar-refractivity contribution in [3.05, 3.63) is 53.6 Å². The molecular formula is C20H22F3N3O2. The molecule has 1 fully saturated rings. The minimum absolute atomic E-state index is 0.00114. The highest BCUT2D eigenvalue weighted by Crippen LogP contribution is 2.65. The first kappa shape index (κ1) is 19.0. The molecule has 1 aromatic carbocycles. The largest absolute Gasteiger partial charge is 0.400 e. The fourth-order valence-corrected chi connectivity index (χ4v) is 4.61. The van der Waals surface area contributed by atoms with E-state index in [9.17, 15) is 23.1 Å². The first-order chi connectivity index (χ1) is 13.1. The van der Waals surface area contributed by atoms with Gasteiger partial charge in [-0.15, -0.1) is 0 Å². The van der Waals surface area contributed by atoms with Crippen molar-refractivity contribution in [3.8, 4) is 0 Å². The second kappa shape index (κ2) is 6.07. The molecule has 2 N–H and O–H groups in total. The first-order valence-electron chi connectivity index (χ1n) is 9.20. The summed E-state index contributed by atoms with van der Waals surface area (Å²) in [7, 11) is 0. The van der Waals surface area contributed by atoms with Crippen molar-refractivity contribution >= 4 is 5.91 Å². The molecule has 1 amide bonds. The van der Waals surface area contributed by atoms with Crippen LogP contribution in [0.4, 0.5) is 13.2 Å². The molecule has 8 heteroatoms. The lowest BCUT2D eigenvalue weighted by Gasteiger charge is -2.33. The van der Waals surface area contributed by atoms with Crippen molar-refractivity contribution in [2.24, 2.45) is 11.3 Å². The number of alkyl halides is 3. The van der Waals surface area contributed by atoms with Gasteiger partial charge >= 0.3 is 6.18 Å². The number of nitrogens with one attached hydrogen (secondary N) is 1. The van der Waals surface area contributed by atoms with Gasteiger partial charge in [0.25, 0.3) is 5.91 Å². The van der Waals surface area contributed by atoms with E-state index in [4.69, 9.17) is 0 Å². The van der Waals surface area contributed by atoms with Gasteiger partial charge in [-0.1, -0.05) is 32.0 Å². The van der Waals surface area contributed by atoms with E-state index in [1.54, 1.807) is 24.3 Å². The third-order valence-corrected chi connectivity index (χ3v) is 6.01. The number of nitrogens with zero attached hydrogens (tertiary/aromatic N) is 2. The van der Waals surface area contributed by atoms with Gasteiger partial charge in [0.15, 0.2) is 6.23 Å². The number of aromatic amines is 1. The Balaban J connectivity index is 1.51. The molecule has 0 spiro atoms. The Kier molecular flexibility index (Phi) is 4.12. The van der Waals surface area contributed by atoms with Gasteiger partial charge in [-0.2, -0.15) is 13.2 Å². The molecule has 3 atom stereocenters. The van der Waals surface area contributed by atoms with E-state index in [2.05, 4.69) is 9.97 Å². The summed E-state index contributed by atoms with van der Waals surface area (Å²) in [6, 6.07) is 6.82. The maximum absolute atomic E-state index is 13.8. The number of imidazole rings is 1. The number of fused-ring (bicyclic) bond motifs is 1. The van der Waals surface area contributed by atoms with Crippen LogP contribution >= 0.6 is 0 Å². The number of halogens is 3. The van der Waals surface area contributed by atoms with Crippen molar-refractivity contribution in [3.63, 3.8) is 0 Å². The van der Waals surface area contributed by atoms with Crippen LogP contribution in [0.2, 0.25) is 0 Å². The second-order valence-electron chi connectivity index (χ2n) is 8.60. The van der Waals surface area contributed by atoms with Gasteiger partial charge in [0, 0.05) is 23.9 Å². The number of hydrogen-bond donors (Lipinski definition) is 2. The monoisotopic (exact) mass is 393 g/mol. The molecule has 2 heterocycles. The van der Waals surface area contributed by atoms with E-state index in [0.29, 0.717) is 11.1 Å². The first-order valence-corrected chi connectivity index (χ1v) is 9.20. The highest BCUT2D eigenvalue weighted by molar-refractivity contribution is 5.98. The van der Waals surface area contributed by atoms with Gasteiger partial charge in [-0.05, 0) is 30.2 Å². The molecule has 1 aliphatic carbocycles. The average molecular weight is 393 g/mol. The van der Waals surface area contributed by atoms with E-state index < -0.39 is 29.2 Å². The van der Waals surface area contributed by atoms with Crippen LogP contribution in [-0.4, -0.2) is 38.6 Å². The van der Waals surface area contributed by atoms with Gasteiger partial charge in [-0.25, -0.2) is 4.98 Å². The van der Waals surface area contributed by atoms with Gasteiger partial charge in [0.2, 0.25) is 0 Å². The summed E-state index contributed by atoms with van der Waals surface area (Å²) in [6.45, 7) is 3.85. The number of aliphatic hydroxyl groups is 1. The van der Waals surface area contributed by atoms with Gasteiger partial charge in [0.05, 0.1) is 12.0 Å².